The second kappa shape index (κ2) is 6.25. The van der Waals surface area contributed by atoms with Gasteiger partial charge in [0.2, 0.25) is 11.0 Å². The Morgan fingerprint density at radius 3 is 2.33 bits per heavy atom. The molecule has 2 rings (SSSR count). The highest BCUT2D eigenvalue weighted by molar-refractivity contribution is 7.89. The number of nitrogens with one attached hydrogen (secondary N) is 2. The molecule has 2 aromatic rings. The van der Waals surface area contributed by atoms with E-state index in [1.807, 2.05) is 0 Å². The molecule has 0 bridgehead atoms. The third-order valence-corrected chi connectivity index (χ3v) is 4.31. The Morgan fingerprint density at radius 2 is 1.83 bits per heavy atom. The van der Waals surface area contributed by atoms with Crippen LogP contribution in [0.25, 0.3) is 0 Å². The normalized spacial score (nSPS) is 12.0. The minimum absolute atomic E-state index is 0.0267. The zero-order chi connectivity index (χ0) is 18.1. The molecule has 0 aliphatic rings. The molecule has 0 amide bonds. The first kappa shape index (κ1) is 18.0. The molecule has 0 saturated heterocycles. The number of hydrogen-bond acceptors (Lipinski definition) is 7. The van der Waals surface area contributed by atoms with Crippen LogP contribution in [0.3, 0.4) is 0 Å². The highest BCUT2D eigenvalue weighted by atomic mass is 32.2. The molecule has 2 aromatic heterocycles. The number of aryl methyl sites for hydroxylation is 2. The second-order valence-corrected chi connectivity index (χ2v) is 7.51. The molecule has 0 spiro atoms. The van der Waals surface area contributed by atoms with Gasteiger partial charge in [-0.3, -0.25) is 4.72 Å². The number of sulfonamides is 1. The van der Waals surface area contributed by atoms with Gasteiger partial charge in [0.15, 0.2) is 0 Å². The maximum atomic E-state index is 12.3. The first-order valence-corrected chi connectivity index (χ1v) is 8.58. The molecular formula is C15H20N4O4S. The summed E-state index contributed by atoms with van der Waals surface area (Å²) in [4.78, 5) is 8.28. The molecule has 24 heavy (non-hydrogen) atoms. The van der Waals surface area contributed by atoms with Gasteiger partial charge in [-0.25, -0.2) is 9.97 Å². The number of furan rings is 1. The molecule has 0 radical (unpaired) electrons. The van der Waals surface area contributed by atoms with E-state index in [1.54, 1.807) is 19.9 Å². The molecule has 0 saturated carbocycles. The summed E-state index contributed by atoms with van der Waals surface area (Å²) < 4.78 is 31.8. The van der Waals surface area contributed by atoms with Gasteiger partial charge >= 0.3 is 0 Å². The Labute approximate surface area is 140 Å². The molecule has 0 aromatic carbocycles. The number of rotatable bonds is 6. The summed E-state index contributed by atoms with van der Waals surface area (Å²) in [6.45, 7) is 10.3. The lowest BCUT2D eigenvalue weighted by Crippen LogP contribution is -2.27. The molecule has 2 heterocycles. The van der Waals surface area contributed by atoms with Crippen molar-refractivity contribution in [2.24, 2.45) is 0 Å². The fraction of sp³-hybridized carbons (Fsp3) is 0.333. The summed E-state index contributed by atoms with van der Waals surface area (Å²) in [5.41, 5.74) is 0.613. The minimum Gasteiger partial charge on any atom is -0.451 e. The Balaban J connectivity index is 2.14. The summed E-state index contributed by atoms with van der Waals surface area (Å²) >= 11 is 0. The first-order valence-electron chi connectivity index (χ1n) is 7.10. The Hall–Kier alpha value is -2.39. The molecule has 9 heteroatoms. The van der Waals surface area contributed by atoms with Crippen molar-refractivity contribution in [1.29, 1.82) is 0 Å². The van der Waals surface area contributed by atoms with Gasteiger partial charge in [0.05, 0.1) is 11.9 Å². The summed E-state index contributed by atoms with van der Waals surface area (Å²) in [6.07, 6.45) is 1.19. The van der Waals surface area contributed by atoms with Gasteiger partial charge in [-0.05, 0) is 33.8 Å². The Kier molecular flexibility index (Phi) is 4.68. The van der Waals surface area contributed by atoms with Crippen LogP contribution < -0.4 is 10.0 Å². The SMILES string of the molecule is C=C(Nc1nc(C)cc(C)n1)NS(=O)(=O)c1cc(C(C)(C)O)co1. The van der Waals surface area contributed by atoms with Crippen LogP contribution >= 0.6 is 0 Å². The topological polar surface area (TPSA) is 117 Å². The second-order valence-electron chi connectivity index (χ2n) is 5.90. The molecule has 0 atom stereocenters. The summed E-state index contributed by atoms with van der Waals surface area (Å²) in [6, 6.07) is 3.04. The Bertz CT molecular complexity index is 846. The van der Waals surface area contributed by atoms with Crippen LogP contribution in [0.2, 0.25) is 0 Å². The van der Waals surface area contributed by atoms with Crippen molar-refractivity contribution >= 4 is 16.0 Å². The predicted molar refractivity (Wildman–Crippen MR) is 88.5 cm³/mol. The van der Waals surface area contributed by atoms with Crippen molar-refractivity contribution in [2.75, 3.05) is 5.32 Å². The van der Waals surface area contributed by atoms with Crippen molar-refractivity contribution < 1.29 is 17.9 Å². The smallest absolute Gasteiger partial charge is 0.296 e. The highest BCUT2D eigenvalue weighted by Crippen LogP contribution is 2.24. The van der Waals surface area contributed by atoms with Gasteiger partial charge in [-0.1, -0.05) is 6.58 Å². The fourth-order valence-corrected chi connectivity index (χ4v) is 2.87. The molecule has 0 unspecified atom stereocenters. The largest absolute Gasteiger partial charge is 0.451 e. The number of hydrogen-bond donors (Lipinski definition) is 3. The molecule has 0 aliphatic carbocycles. The van der Waals surface area contributed by atoms with Crippen molar-refractivity contribution in [3.05, 3.63) is 47.7 Å². The van der Waals surface area contributed by atoms with E-state index in [-0.39, 0.29) is 16.9 Å². The van der Waals surface area contributed by atoms with E-state index in [4.69, 9.17) is 4.42 Å². The monoisotopic (exact) mass is 352 g/mol. The number of aromatic nitrogens is 2. The molecule has 8 nitrogen and oxygen atoms in total. The van der Waals surface area contributed by atoms with Gasteiger partial charge in [-0.2, -0.15) is 8.42 Å². The zero-order valence-corrected chi connectivity index (χ0v) is 14.7. The van der Waals surface area contributed by atoms with Crippen LogP contribution in [0.1, 0.15) is 30.8 Å². The van der Waals surface area contributed by atoms with Crippen molar-refractivity contribution in [2.45, 2.75) is 38.4 Å². The van der Waals surface area contributed by atoms with E-state index in [0.717, 1.165) is 11.4 Å². The van der Waals surface area contributed by atoms with E-state index >= 15 is 0 Å². The average molecular weight is 352 g/mol. The van der Waals surface area contributed by atoms with Crippen LogP contribution in [0, 0.1) is 13.8 Å². The lowest BCUT2D eigenvalue weighted by atomic mass is 10.0. The molecule has 3 N–H and O–H groups in total. The quantitative estimate of drug-likeness (QED) is 0.725. The van der Waals surface area contributed by atoms with E-state index in [1.165, 1.54) is 26.2 Å². The van der Waals surface area contributed by atoms with Gasteiger partial charge < -0.3 is 14.8 Å². The van der Waals surface area contributed by atoms with Crippen LogP contribution in [-0.4, -0.2) is 23.5 Å². The van der Waals surface area contributed by atoms with Crippen LogP contribution in [0.15, 0.2) is 40.3 Å². The summed E-state index contributed by atoms with van der Waals surface area (Å²) in [5, 5.41) is 12.2. The average Bonchev–Trinajstić information content (AvgIpc) is 2.85. The standard InChI is InChI=1S/C15H20N4O4S/c1-9-6-10(2)17-14(16-9)18-11(3)19-24(21,22)13-7-12(8-23-13)15(4,5)20/h6-8,19-20H,3H2,1-2,4-5H3,(H,16,17,18). The molecule has 0 fully saturated rings. The van der Waals surface area contributed by atoms with Gasteiger partial charge in [0.25, 0.3) is 10.0 Å². The number of anilines is 1. The maximum absolute atomic E-state index is 12.3. The van der Waals surface area contributed by atoms with Crippen LogP contribution in [0.5, 0.6) is 0 Å². The van der Waals surface area contributed by atoms with E-state index in [9.17, 15) is 13.5 Å². The Morgan fingerprint density at radius 1 is 1.25 bits per heavy atom. The van der Waals surface area contributed by atoms with Crippen molar-refractivity contribution in [3.63, 3.8) is 0 Å². The minimum atomic E-state index is -3.98. The first-order chi connectivity index (χ1) is 11.0. The summed E-state index contributed by atoms with van der Waals surface area (Å²) in [5.74, 6) is 0.207. The third kappa shape index (κ3) is 4.33. The molecule has 130 valence electrons. The lowest BCUT2D eigenvalue weighted by Gasteiger charge is -2.13. The van der Waals surface area contributed by atoms with E-state index in [0.29, 0.717) is 5.56 Å². The zero-order valence-electron chi connectivity index (χ0n) is 13.9. The predicted octanol–water partition coefficient (Wildman–Crippen LogP) is 1.78. The van der Waals surface area contributed by atoms with Crippen LogP contribution in [-0.2, 0) is 15.6 Å². The lowest BCUT2D eigenvalue weighted by molar-refractivity contribution is 0.0779. The number of nitrogens with zero attached hydrogens (tertiary/aromatic N) is 2. The maximum Gasteiger partial charge on any atom is 0.296 e. The molecular weight excluding hydrogens is 332 g/mol. The fourth-order valence-electron chi connectivity index (χ4n) is 1.93. The van der Waals surface area contributed by atoms with Crippen LogP contribution in [0.4, 0.5) is 5.95 Å². The van der Waals surface area contributed by atoms with Gasteiger partial charge in [0.1, 0.15) is 5.82 Å². The van der Waals surface area contributed by atoms with Gasteiger partial charge in [0, 0.05) is 23.0 Å². The van der Waals surface area contributed by atoms with E-state index in [2.05, 4.69) is 26.6 Å². The van der Waals surface area contributed by atoms with Gasteiger partial charge in [-0.15, -0.1) is 0 Å². The van der Waals surface area contributed by atoms with Crippen molar-refractivity contribution in [1.82, 2.24) is 14.7 Å². The highest BCUT2D eigenvalue weighted by Gasteiger charge is 2.25. The third-order valence-electron chi connectivity index (χ3n) is 3.05. The van der Waals surface area contributed by atoms with E-state index < -0.39 is 15.6 Å². The van der Waals surface area contributed by atoms with Crippen molar-refractivity contribution in [3.8, 4) is 0 Å². The number of aliphatic hydroxyl groups is 1. The molecule has 0 aliphatic heterocycles. The summed E-state index contributed by atoms with van der Waals surface area (Å²) in [7, 11) is -3.98.